The lowest BCUT2D eigenvalue weighted by Crippen LogP contribution is -2.52. The summed E-state index contributed by atoms with van der Waals surface area (Å²) in [4.78, 5) is 9.60. The predicted molar refractivity (Wildman–Crippen MR) is 122 cm³/mol. The van der Waals surface area contributed by atoms with E-state index in [2.05, 4.69) is 27.2 Å². The maximum atomic E-state index is 6.01. The van der Waals surface area contributed by atoms with E-state index in [-0.39, 0.29) is 24.0 Å². The summed E-state index contributed by atoms with van der Waals surface area (Å²) in [5.74, 6) is 1.04. The molecule has 160 valence electrons. The molecule has 2 aliphatic rings. The average Bonchev–Trinajstić information content (AvgIpc) is 3.21. The summed E-state index contributed by atoms with van der Waals surface area (Å²) in [5.41, 5.74) is 1.00. The molecule has 0 aromatic carbocycles. The van der Waals surface area contributed by atoms with Gasteiger partial charge in [-0.15, -0.1) is 24.0 Å². The molecule has 2 heterocycles. The highest BCUT2D eigenvalue weighted by molar-refractivity contribution is 14.0. The van der Waals surface area contributed by atoms with Crippen LogP contribution in [-0.4, -0.2) is 72.9 Å². The molecule has 3 rings (SSSR count). The maximum Gasteiger partial charge on any atom is 0.194 e. The van der Waals surface area contributed by atoms with Gasteiger partial charge in [-0.25, -0.2) is 0 Å². The molecule has 1 saturated heterocycles. The standard InChI is InChI=1S/C20H35N5O2.HI/c1-2-21-20(22-10-6-15-26-19-7-4-3-5-8-19)25-13-11-24(12-14-25)17-18-9-16-27-23-18;/h9,16,19H,2-8,10-15,17H2,1H3,(H,21,22);1H. The monoisotopic (exact) mass is 505 g/mol. The second kappa shape index (κ2) is 13.4. The van der Waals surface area contributed by atoms with Crippen molar-refractivity contribution in [2.75, 3.05) is 45.9 Å². The third-order valence-corrected chi connectivity index (χ3v) is 5.35. The molecule has 1 aromatic heterocycles. The highest BCUT2D eigenvalue weighted by Gasteiger charge is 2.20. The molecule has 0 unspecified atom stereocenters. The van der Waals surface area contributed by atoms with Crippen LogP contribution >= 0.6 is 24.0 Å². The Bertz CT molecular complexity index is 541. The molecule has 28 heavy (non-hydrogen) atoms. The number of hydrogen-bond donors (Lipinski definition) is 1. The fraction of sp³-hybridized carbons (Fsp3) is 0.800. The second-order valence-corrected chi connectivity index (χ2v) is 7.47. The Morgan fingerprint density at radius 2 is 2.04 bits per heavy atom. The lowest BCUT2D eigenvalue weighted by molar-refractivity contribution is 0.0281. The Morgan fingerprint density at radius 1 is 1.25 bits per heavy atom. The molecule has 0 spiro atoms. The van der Waals surface area contributed by atoms with Crippen LogP contribution in [0.15, 0.2) is 21.8 Å². The quantitative estimate of drug-likeness (QED) is 0.254. The Balaban J connectivity index is 0.00000280. The van der Waals surface area contributed by atoms with Crippen LogP contribution in [0.5, 0.6) is 0 Å². The first kappa shape index (κ1) is 23.4. The van der Waals surface area contributed by atoms with Gasteiger partial charge < -0.3 is 19.5 Å². The fourth-order valence-electron chi connectivity index (χ4n) is 3.82. The molecule has 8 heteroatoms. The first-order valence-corrected chi connectivity index (χ1v) is 10.6. The molecule has 1 saturated carbocycles. The first-order chi connectivity index (χ1) is 13.3. The van der Waals surface area contributed by atoms with Gasteiger partial charge in [-0.1, -0.05) is 24.4 Å². The van der Waals surface area contributed by atoms with Crippen molar-refractivity contribution < 1.29 is 9.26 Å². The van der Waals surface area contributed by atoms with E-state index in [1.54, 1.807) is 6.26 Å². The molecule has 0 atom stereocenters. The highest BCUT2D eigenvalue weighted by Crippen LogP contribution is 2.20. The van der Waals surface area contributed by atoms with Gasteiger partial charge in [0, 0.05) is 58.5 Å². The van der Waals surface area contributed by atoms with Gasteiger partial charge in [-0.2, -0.15) is 0 Å². The van der Waals surface area contributed by atoms with Crippen LogP contribution in [0.3, 0.4) is 0 Å². The number of aliphatic imine (C=N–C) groups is 1. The molecule has 0 radical (unpaired) electrons. The summed E-state index contributed by atoms with van der Waals surface area (Å²) in [6, 6.07) is 1.94. The number of nitrogens with zero attached hydrogens (tertiary/aromatic N) is 4. The van der Waals surface area contributed by atoms with Gasteiger partial charge in [0.2, 0.25) is 0 Å². The van der Waals surface area contributed by atoms with Crippen LogP contribution in [0.4, 0.5) is 0 Å². The van der Waals surface area contributed by atoms with E-state index >= 15 is 0 Å². The zero-order valence-electron chi connectivity index (χ0n) is 17.1. The van der Waals surface area contributed by atoms with Crippen molar-refractivity contribution in [1.82, 2.24) is 20.3 Å². The average molecular weight is 505 g/mol. The van der Waals surface area contributed by atoms with E-state index in [4.69, 9.17) is 14.3 Å². The lowest BCUT2D eigenvalue weighted by Gasteiger charge is -2.36. The topological polar surface area (TPSA) is 66.1 Å². The van der Waals surface area contributed by atoms with Gasteiger partial charge in [0.1, 0.15) is 6.26 Å². The number of nitrogens with one attached hydrogen (secondary N) is 1. The smallest absolute Gasteiger partial charge is 0.194 e. The minimum absolute atomic E-state index is 0. The number of hydrogen-bond acceptors (Lipinski definition) is 5. The van der Waals surface area contributed by atoms with Crippen LogP contribution in [0.2, 0.25) is 0 Å². The minimum atomic E-state index is 0. The zero-order chi connectivity index (χ0) is 18.7. The van der Waals surface area contributed by atoms with E-state index in [0.29, 0.717) is 6.10 Å². The molecular weight excluding hydrogens is 469 g/mol. The summed E-state index contributed by atoms with van der Waals surface area (Å²) >= 11 is 0. The molecule has 2 fully saturated rings. The molecule has 1 aromatic rings. The Labute approximate surface area is 186 Å². The first-order valence-electron chi connectivity index (χ1n) is 10.6. The fourth-order valence-corrected chi connectivity index (χ4v) is 3.82. The molecule has 1 aliphatic heterocycles. The molecule has 1 N–H and O–H groups in total. The Kier molecular flexibility index (Phi) is 11.2. The summed E-state index contributed by atoms with van der Waals surface area (Å²) in [6.07, 6.45) is 9.65. The highest BCUT2D eigenvalue weighted by atomic mass is 127. The normalized spacial score (nSPS) is 19.5. The molecular formula is C20H36IN5O2. The number of halogens is 1. The van der Waals surface area contributed by atoms with Crippen LogP contribution in [0, 0.1) is 0 Å². The molecule has 1 aliphatic carbocycles. The maximum absolute atomic E-state index is 6.01. The lowest BCUT2D eigenvalue weighted by atomic mass is 9.98. The van der Waals surface area contributed by atoms with Crippen molar-refractivity contribution in [3.63, 3.8) is 0 Å². The SMILES string of the molecule is CCNC(=NCCCOC1CCCCC1)N1CCN(Cc2ccon2)CC1.I. The second-order valence-electron chi connectivity index (χ2n) is 7.47. The van der Waals surface area contributed by atoms with Gasteiger partial charge in [-0.05, 0) is 26.2 Å². The number of aromatic nitrogens is 1. The van der Waals surface area contributed by atoms with Gasteiger partial charge in [-0.3, -0.25) is 9.89 Å². The number of ether oxygens (including phenoxy) is 1. The summed E-state index contributed by atoms with van der Waals surface area (Å²) in [6.45, 7) is 9.55. The van der Waals surface area contributed by atoms with Gasteiger partial charge in [0.25, 0.3) is 0 Å². The van der Waals surface area contributed by atoms with E-state index in [0.717, 1.165) is 70.5 Å². The zero-order valence-corrected chi connectivity index (χ0v) is 19.5. The van der Waals surface area contributed by atoms with E-state index in [1.807, 2.05) is 6.07 Å². The van der Waals surface area contributed by atoms with Crippen molar-refractivity contribution in [3.8, 4) is 0 Å². The van der Waals surface area contributed by atoms with E-state index in [9.17, 15) is 0 Å². The van der Waals surface area contributed by atoms with Crippen LogP contribution in [0.1, 0.15) is 51.1 Å². The molecule has 7 nitrogen and oxygen atoms in total. The number of rotatable bonds is 8. The van der Waals surface area contributed by atoms with Crippen molar-refractivity contribution in [2.24, 2.45) is 4.99 Å². The Morgan fingerprint density at radius 3 is 2.71 bits per heavy atom. The van der Waals surface area contributed by atoms with Crippen LogP contribution in [-0.2, 0) is 11.3 Å². The van der Waals surface area contributed by atoms with Gasteiger partial charge in [0.15, 0.2) is 5.96 Å². The van der Waals surface area contributed by atoms with E-state index < -0.39 is 0 Å². The summed E-state index contributed by atoms with van der Waals surface area (Å²) in [5, 5.41) is 7.45. The molecule has 0 amide bonds. The van der Waals surface area contributed by atoms with Crippen molar-refractivity contribution >= 4 is 29.9 Å². The van der Waals surface area contributed by atoms with Crippen LogP contribution < -0.4 is 5.32 Å². The van der Waals surface area contributed by atoms with Gasteiger partial charge >= 0.3 is 0 Å². The summed E-state index contributed by atoms with van der Waals surface area (Å²) < 4.78 is 10.9. The number of piperazine rings is 1. The van der Waals surface area contributed by atoms with Crippen molar-refractivity contribution in [2.45, 2.75) is 58.1 Å². The minimum Gasteiger partial charge on any atom is -0.378 e. The number of guanidine groups is 1. The van der Waals surface area contributed by atoms with Gasteiger partial charge in [0.05, 0.1) is 11.8 Å². The third-order valence-electron chi connectivity index (χ3n) is 5.35. The van der Waals surface area contributed by atoms with Crippen LogP contribution in [0.25, 0.3) is 0 Å². The third kappa shape index (κ3) is 7.87. The largest absolute Gasteiger partial charge is 0.378 e. The summed E-state index contributed by atoms with van der Waals surface area (Å²) in [7, 11) is 0. The predicted octanol–water partition coefficient (Wildman–Crippen LogP) is 3.12. The van der Waals surface area contributed by atoms with E-state index in [1.165, 1.54) is 32.1 Å². The molecule has 0 bridgehead atoms. The Hall–Kier alpha value is -0.870. The van der Waals surface area contributed by atoms with Crippen molar-refractivity contribution in [1.29, 1.82) is 0 Å². The van der Waals surface area contributed by atoms with Crippen molar-refractivity contribution in [3.05, 3.63) is 18.0 Å².